The number of fused-ring (bicyclic) bond motifs is 3. The van der Waals surface area contributed by atoms with Crippen molar-refractivity contribution in [1.82, 2.24) is 4.57 Å². The van der Waals surface area contributed by atoms with Gasteiger partial charge in [-0.15, -0.1) is 0 Å². The summed E-state index contributed by atoms with van der Waals surface area (Å²) in [5, 5.41) is 9.99. The van der Waals surface area contributed by atoms with Gasteiger partial charge in [-0.05, 0) is 109 Å². The Morgan fingerprint density at radius 3 is 1.42 bits per heavy atom. The summed E-state index contributed by atoms with van der Waals surface area (Å²) in [5.41, 5.74) is 16.5. The van der Waals surface area contributed by atoms with E-state index in [1.54, 1.807) is 0 Å². The number of anilines is 3. The molecule has 2 heteroatoms. The maximum atomic E-state index is 2.48. The molecule has 1 aromatic heterocycles. The number of hydrogen-bond acceptors (Lipinski definition) is 1. The molecule has 0 aliphatic rings. The van der Waals surface area contributed by atoms with Crippen molar-refractivity contribution in [3.05, 3.63) is 255 Å². The second-order valence-electron chi connectivity index (χ2n) is 17.3. The predicted octanol–water partition coefficient (Wildman–Crippen LogP) is 17.8. The largest absolute Gasteiger partial charge is 0.309 e. The first-order valence-electron chi connectivity index (χ1n) is 22.8. The number of rotatable bonds is 8. The van der Waals surface area contributed by atoms with E-state index in [4.69, 9.17) is 0 Å². The van der Waals surface area contributed by atoms with Gasteiger partial charge < -0.3 is 9.47 Å². The van der Waals surface area contributed by atoms with Gasteiger partial charge in [0, 0.05) is 32.8 Å². The second kappa shape index (κ2) is 15.5. The third-order valence-electron chi connectivity index (χ3n) is 13.6. The maximum Gasteiger partial charge on any atom is 0.0541 e. The molecule has 12 aromatic carbocycles. The molecule has 0 atom stereocenters. The van der Waals surface area contributed by atoms with E-state index in [0.717, 1.165) is 28.2 Å². The fraction of sp³-hybridized carbons (Fsp3) is 0. The van der Waals surface area contributed by atoms with E-state index in [0.29, 0.717) is 0 Å². The van der Waals surface area contributed by atoms with E-state index in [2.05, 4.69) is 264 Å². The smallest absolute Gasteiger partial charge is 0.0541 e. The van der Waals surface area contributed by atoms with Crippen LogP contribution >= 0.6 is 0 Å². The number of benzene rings is 12. The first-order valence-corrected chi connectivity index (χ1v) is 22.8. The molecule has 0 saturated heterocycles. The highest BCUT2D eigenvalue weighted by Gasteiger charge is 2.23. The van der Waals surface area contributed by atoms with Crippen molar-refractivity contribution >= 4 is 71.2 Å². The molecule has 0 aliphatic carbocycles. The van der Waals surface area contributed by atoms with Crippen LogP contribution in [0, 0.1) is 0 Å². The zero-order valence-electron chi connectivity index (χ0n) is 36.1. The Bertz CT molecular complexity index is 3850. The molecule has 0 unspecified atom stereocenters. The number of aromatic nitrogens is 1. The summed E-state index contributed by atoms with van der Waals surface area (Å²) in [4.78, 5) is 2.48. The molecule has 0 spiro atoms. The molecule has 0 N–H and O–H groups in total. The lowest BCUT2D eigenvalue weighted by molar-refractivity contribution is 1.20. The molecule has 0 amide bonds. The summed E-state index contributed by atoms with van der Waals surface area (Å²) in [6.45, 7) is 0. The zero-order valence-corrected chi connectivity index (χ0v) is 36.1. The highest BCUT2D eigenvalue weighted by atomic mass is 15.1. The molecule has 13 aromatic rings. The molecule has 0 saturated carbocycles. The monoisotopic (exact) mass is 838 g/mol. The average molecular weight is 839 g/mol. The van der Waals surface area contributed by atoms with Crippen LogP contribution in [0.25, 0.3) is 104 Å². The van der Waals surface area contributed by atoms with Crippen LogP contribution in [0.2, 0.25) is 0 Å². The molecule has 1 heterocycles. The van der Waals surface area contributed by atoms with Crippen molar-refractivity contribution in [3.8, 4) is 50.2 Å². The maximum absolute atomic E-state index is 2.48. The molecular weight excluding hydrogens is 797 g/mol. The Labute approximate surface area is 383 Å². The molecule has 0 radical (unpaired) electrons. The summed E-state index contributed by atoms with van der Waals surface area (Å²) in [5.74, 6) is 0. The Kier molecular flexibility index (Phi) is 8.89. The van der Waals surface area contributed by atoms with E-state index >= 15 is 0 Å². The lowest BCUT2D eigenvalue weighted by Gasteiger charge is -2.30. The van der Waals surface area contributed by atoms with Crippen molar-refractivity contribution in [2.24, 2.45) is 0 Å². The van der Waals surface area contributed by atoms with Gasteiger partial charge in [-0.25, -0.2) is 0 Å². The summed E-state index contributed by atoms with van der Waals surface area (Å²) in [6, 6.07) is 93.3. The molecule has 13 rings (SSSR count). The highest BCUT2D eigenvalue weighted by Crippen LogP contribution is 2.48. The van der Waals surface area contributed by atoms with Gasteiger partial charge >= 0.3 is 0 Å². The van der Waals surface area contributed by atoms with Gasteiger partial charge in [0.05, 0.1) is 28.1 Å². The lowest BCUT2D eigenvalue weighted by atomic mass is 9.91. The van der Waals surface area contributed by atoms with E-state index in [9.17, 15) is 0 Å². The summed E-state index contributed by atoms with van der Waals surface area (Å²) in [7, 11) is 0. The SMILES string of the molecule is c1ccc(-c2ccc(-c3ccccc3N(c3ccc(-c4cccc(-c5ccccc5)c4)cc3)c3ccc4ccc5c(-n6c7ccccc7c7ccccc76)ccc6ccc3c4c65)cc2)cc1. The third-order valence-corrected chi connectivity index (χ3v) is 13.6. The van der Waals surface area contributed by atoms with Crippen LogP contribution in [0.15, 0.2) is 255 Å². The van der Waals surface area contributed by atoms with Gasteiger partial charge in [-0.1, -0.05) is 206 Å². The summed E-state index contributed by atoms with van der Waals surface area (Å²) < 4.78 is 2.46. The van der Waals surface area contributed by atoms with Crippen molar-refractivity contribution < 1.29 is 0 Å². The number of para-hydroxylation sites is 3. The fourth-order valence-corrected chi connectivity index (χ4v) is 10.4. The Morgan fingerprint density at radius 2 is 0.742 bits per heavy atom. The molecular formula is C64H42N2. The van der Waals surface area contributed by atoms with E-state index in [-0.39, 0.29) is 0 Å². The number of hydrogen-bond donors (Lipinski definition) is 0. The van der Waals surface area contributed by atoms with Crippen molar-refractivity contribution in [1.29, 1.82) is 0 Å². The minimum Gasteiger partial charge on any atom is -0.309 e. The van der Waals surface area contributed by atoms with Gasteiger partial charge in [0.15, 0.2) is 0 Å². The first-order chi connectivity index (χ1) is 32.7. The van der Waals surface area contributed by atoms with Gasteiger partial charge in [-0.2, -0.15) is 0 Å². The molecule has 308 valence electrons. The van der Waals surface area contributed by atoms with Crippen LogP contribution < -0.4 is 4.90 Å². The summed E-state index contributed by atoms with van der Waals surface area (Å²) >= 11 is 0. The van der Waals surface area contributed by atoms with Gasteiger partial charge in [0.2, 0.25) is 0 Å². The van der Waals surface area contributed by atoms with Gasteiger partial charge in [0.25, 0.3) is 0 Å². The standard InChI is InChI=1S/C64H42N2/c1-3-14-43(15-4-1)45-26-28-47(29-27-45)53-20-7-10-23-58(53)65(52-36-30-46(31-37-52)51-19-13-18-50(42-51)44-16-5-2-6-17-44)61-40-34-48-33-39-57-62(41-35-49-32-38-56(61)63(48)64(49)57)66-59-24-11-8-21-54(59)55-22-9-12-25-60(55)66/h1-42H. The van der Waals surface area contributed by atoms with Gasteiger partial charge in [0.1, 0.15) is 0 Å². The van der Waals surface area contributed by atoms with E-state index < -0.39 is 0 Å². The number of nitrogens with zero attached hydrogens (tertiary/aromatic N) is 2. The topological polar surface area (TPSA) is 8.17 Å². The molecule has 0 bridgehead atoms. The van der Waals surface area contributed by atoms with Crippen molar-refractivity contribution in [2.45, 2.75) is 0 Å². The minimum atomic E-state index is 1.09. The average Bonchev–Trinajstić information content (AvgIpc) is 3.73. The zero-order chi connectivity index (χ0) is 43.6. The first kappa shape index (κ1) is 37.8. The van der Waals surface area contributed by atoms with Crippen LogP contribution in [0.3, 0.4) is 0 Å². The highest BCUT2D eigenvalue weighted by molar-refractivity contribution is 6.27. The van der Waals surface area contributed by atoms with Crippen LogP contribution in [-0.4, -0.2) is 4.57 Å². The molecule has 66 heavy (non-hydrogen) atoms. The Morgan fingerprint density at radius 1 is 0.273 bits per heavy atom. The van der Waals surface area contributed by atoms with Gasteiger partial charge in [-0.3, -0.25) is 0 Å². The van der Waals surface area contributed by atoms with Crippen LogP contribution in [0.4, 0.5) is 17.1 Å². The lowest BCUT2D eigenvalue weighted by Crippen LogP contribution is -2.12. The predicted molar refractivity (Wildman–Crippen MR) is 281 cm³/mol. The molecule has 2 nitrogen and oxygen atoms in total. The minimum absolute atomic E-state index is 1.09. The third kappa shape index (κ3) is 6.18. The van der Waals surface area contributed by atoms with E-state index in [1.807, 2.05) is 0 Å². The second-order valence-corrected chi connectivity index (χ2v) is 17.3. The van der Waals surface area contributed by atoms with Crippen molar-refractivity contribution in [3.63, 3.8) is 0 Å². The normalized spacial score (nSPS) is 11.6. The van der Waals surface area contributed by atoms with Crippen LogP contribution in [0.1, 0.15) is 0 Å². The fourth-order valence-electron chi connectivity index (χ4n) is 10.4. The van der Waals surface area contributed by atoms with Crippen LogP contribution in [0.5, 0.6) is 0 Å². The van der Waals surface area contributed by atoms with Crippen LogP contribution in [-0.2, 0) is 0 Å². The summed E-state index contributed by atoms with van der Waals surface area (Å²) in [6.07, 6.45) is 0. The molecule has 0 aliphatic heterocycles. The van der Waals surface area contributed by atoms with Crippen molar-refractivity contribution in [2.75, 3.05) is 4.90 Å². The quantitative estimate of drug-likeness (QED) is 0.138. The Hall–Kier alpha value is -8.72. The Balaban J connectivity index is 1.01. The van der Waals surface area contributed by atoms with E-state index in [1.165, 1.54) is 93.2 Å². The molecule has 0 fully saturated rings.